The molecular formula is C20H26ClIN4O. The smallest absolute Gasteiger partial charge is 0.191 e. The van der Waals surface area contributed by atoms with Gasteiger partial charge in [-0.1, -0.05) is 29.8 Å². The fraction of sp³-hybridized carbons (Fsp3) is 0.350. The Bertz CT molecular complexity index is 754. The van der Waals surface area contributed by atoms with Gasteiger partial charge in [0.1, 0.15) is 5.75 Å². The molecule has 1 atom stereocenters. The molecule has 2 aromatic rings. The van der Waals surface area contributed by atoms with Crippen LogP contribution in [-0.4, -0.2) is 39.2 Å². The monoisotopic (exact) mass is 500 g/mol. The lowest BCUT2D eigenvalue weighted by Gasteiger charge is -2.20. The highest BCUT2D eigenvalue weighted by molar-refractivity contribution is 14.0. The van der Waals surface area contributed by atoms with Crippen LogP contribution in [-0.2, 0) is 6.54 Å². The molecule has 0 aromatic heterocycles. The summed E-state index contributed by atoms with van der Waals surface area (Å²) in [6.07, 6.45) is 1.07. The van der Waals surface area contributed by atoms with Crippen molar-refractivity contribution in [3.63, 3.8) is 0 Å². The van der Waals surface area contributed by atoms with Crippen molar-refractivity contribution in [2.24, 2.45) is 4.99 Å². The standard InChI is InChI=1S/C20H25ClN4O.HI/c1-22-20(23-13-15-6-8-19(26-2)9-7-15)24-17-10-11-25(14-17)18-5-3-4-16(21)12-18;/h3-9,12,17H,10-11,13-14H2,1-2H3,(H2,22,23,24);1H. The molecule has 5 nitrogen and oxygen atoms in total. The molecule has 0 saturated carbocycles. The summed E-state index contributed by atoms with van der Waals surface area (Å²) in [6.45, 7) is 2.66. The Balaban J connectivity index is 0.00000261. The summed E-state index contributed by atoms with van der Waals surface area (Å²) >= 11 is 6.11. The van der Waals surface area contributed by atoms with Crippen molar-refractivity contribution in [3.8, 4) is 5.75 Å². The highest BCUT2D eigenvalue weighted by Crippen LogP contribution is 2.23. The molecule has 146 valence electrons. The van der Waals surface area contributed by atoms with E-state index in [2.05, 4.69) is 38.7 Å². The van der Waals surface area contributed by atoms with E-state index in [1.54, 1.807) is 14.2 Å². The molecule has 1 aliphatic rings. The Morgan fingerprint density at radius 3 is 2.70 bits per heavy atom. The lowest BCUT2D eigenvalue weighted by Crippen LogP contribution is -2.44. The third-order valence-electron chi connectivity index (χ3n) is 4.55. The first-order valence-electron chi connectivity index (χ1n) is 8.78. The van der Waals surface area contributed by atoms with Gasteiger partial charge in [-0.15, -0.1) is 24.0 Å². The van der Waals surface area contributed by atoms with Crippen molar-refractivity contribution in [2.45, 2.75) is 19.0 Å². The molecular weight excluding hydrogens is 475 g/mol. The van der Waals surface area contributed by atoms with E-state index in [1.165, 1.54) is 11.3 Å². The first kappa shape index (κ1) is 21.6. The van der Waals surface area contributed by atoms with Crippen LogP contribution in [0.2, 0.25) is 5.02 Å². The number of anilines is 1. The molecule has 1 aliphatic heterocycles. The van der Waals surface area contributed by atoms with E-state index < -0.39 is 0 Å². The van der Waals surface area contributed by atoms with E-state index in [1.807, 2.05) is 30.3 Å². The van der Waals surface area contributed by atoms with E-state index in [0.29, 0.717) is 12.6 Å². The summed E-state index contributed by atoms with van der Waals surface area (Å²) in [5, 5.41) is 7.66. The number of nitrogens with zero attached hydrogens (tertiary/aromatic N) is 2. The molecule has 7 heteroatoms. The van der Waals surface area contributed by atoms with Crippen molar-refractivity contribution in [1.82, 2.24) is 10.6 Å². The molecule has 0 radical (unpaired) electrons. The molecule has 0 spiro atoms. The number of halogens is 2. The Morgan fingerprint density at radius 2 is 2.04 bits per heavy atom. The van der Waals surface area contributed by atoms with Crippen molar-refractivity contribution >= 4 is 47.2 Å². The van der Waals surface area contributed by atoms with Crippen LogP contribution >= 0.6 is 35.6 Å². The Hall–Kier alpha value is -1.67. The number of aliphatic imine (C=N–C) groups is 1. The van der Waals surface area contributed by atoms with Gasteiger partial charge in [0, 0.05) is 43.4 Å². The van der Waals surface area contributed by atoms with Gasteiger partial charge in [0.2, 0.25) is 0 Å². The quantitative estimate of drug-likeness (QED) is 0.371. The van der Waals surface area contributed by atoms with Crippen LogP contribution in [0.25, 0.3) is 0 Å². The maximum absolute atomic E-state index is 6.11. The largest absolute Gasteiger partial charge is 0.497 e. The van der Waals surface area contributed by atoms with Gasteiger partial charge in [-0.25, -0.2) is 0 Å². The van der Waals surface area contributed by atoms with E-state index in [0.717, 1.165) is 36.2 Å². The van der Waals surface area contributed by atoms with Gasteiger partial charge in [0.25, 0.3) is 0 Å². The van der Waals surface area contributed by atoms with Crippen LogP contribution in [0.3, 0.4) is 0 Å². The van der Waals surface area contributed by atoms with Gasteiger partial charge in [0.15, 0.2) is 5.96 Å². The average Bonchev–Trinajstić information content (AvgIpc) is 3.14. The molecule has 0 aliphatic carbocycles. The second kappa shape index (κ2) is 10.6. The van der Waals surface area contributed by atoms with Gasteiger partial charge in [0.05, 0.1) is 7.11 Å². The molecule has 2 aromatic carbocycles. The first-order valence-corrected chi connectivity index (χ1v) is 9.16. The van der Waals surface area contributed by atoms with Crippen LogP contribution in [0.15, 0.2) is 53.5 Å². The number of hydrogen-bond donors (Lipinski definition) is 2. The second-order valence-electron chi connectivity index (χ2n) is 6.33. The zero-order valence-corrected chi connectivity index (χ0v) is 18.7. The Kier molecular flexibility index (Phi) is 8.50. The molecule has 0 bridgehead atoms. The van der Waals surface area contributed by atoms with Crippen molar-refractivity contribution < 1.29 is 4.74 Å². The minimum Gasteiger partial charge on any atom is -0.497 e. The molecule has 3 rings (SSSR count). The highest BCUT2D eigenvalue weighted by Gasteiger charge is 2.23. The van der Waals surface area contributed by atoms with E-state index in [9.17, 15) is 0 Å². The van der Waals surface area contributed by atoms with Crippen LogP contribution < -0.4 is 20.3 Å². The first-order chi connectivity index (χ1) is 12.7. The van der Waals surface area contributed by atoms with Crippen molar-refractivity contribution in [1.29, 1.82) is 0 Å². The van der Waals surface area contributed by atoms with Gasteiger partial charge in [-0.3, -0.25) is 4.99 Å². The molecule has 0 amide bonds. The number of benzene rings is 2. The number of methoxy groups -OCH3 is 1. The van der Waals surface area contributed by atoms with Crippen molar-refractivity contribution in [3.05, 3.63) is 59.1 Å². The zero-order valence-electron chi connectivity index (χ0n) is 15.6. The number of hydrogen-bond acceptors (Lipinski definition) is 3. The van der Waals surface area contributed by atoms with E-state index in [4.69, 9.17) is 16.3 Å². The summed E-state index contributed by atoms with van der Waals surface area (Å²) in [4.78, 5) is 6.69. The fourth-order valence-corrected chi connectivity index (χ4v) is 3.29. The molecule has 1 heterocycles. The third-order valence-corrected chi connectivity index (χ3v) is 4.78. The van der Waals surface area contributed by atoms with Gasteiger partial charge in [-0.05, 0) is 42.3 Å². The summed E-state index contributed by atoms with van der Waals surface area (Å²) in [7, 11) is 3.47. The zero-order chi connectivity index (χ0) is 18.4. The molecule has 2 N–H and O–H groups in total. The number of ether oxygens (including phenoxy) is 1. The van der Waals surface area contributed by atoms with Gasteiger partial charge < -0.3 is 20.3 Å². The predicted octanol–water partition coefficient (Wildman–Crippen LogP) is 3.91. The lowest BCUT2D eigenvalue weighted by molar-refractivity contribution is 0.414. The lowest BCUT2D eigenvalue weighted by atomic mass is 10.2. The summed E-state index contributed by atoms with van der Waals surface area (Å²) in [6, 6.07) is 16.4. The topological polar surface area (TPSA) is 48.9 Å². The Morgan fingerprint density at radius 1 is 1.26 bits per heavy atom. The number of guanidine groups is 1. The van der Waals surface area contributed by atoms with Crippen LogP contribution in [0.5, 0.6) is 5.75 Å². The van der Waals surface area contributed by atoms with E-state index >= 15 is 0 Å². The average molecular weight is 501 g/mol. The molecule has 1 unspecified atom stereocenters. The maximum atomic E-state index is 6.11. The SMILES string of the molecule is CN=C(NCc1ccc(OC)cc1)NC1CCN(c2cccc(Cl)c2)C1.I. The maximum Gasteiger partial charge on any atom is 0.191 e. The number of rotatable bonds is 5. The van der Waals surface area contributed by atoms with Crippen LogP contribution in [0.4, 0.5) is 5.69 Å². The summed E-state index contributed by atoms with van der Waals surface area (Å²) < 4.78 is 5.19. The predicted molar refractivity (Wildman–Crippen MR) is 124 cm³/mol. The van der Waals surface area contributed by atoms with E-state index in [-0.39, 0.29) is 24.0 Å². The second-order valence-corrected chi connectivity index (χ2v) is 6.77. The minimum absolute atomic E-state index is 0. The number of nitrogens with one attached hydrogen (secondary N) is 2. The third kappa shape index (κ3) is 6.17. The molecule has 1 fully saturated rings. The highest BCUT2D eigenvalue weighted by atomic mass is 127. The Labute approximate surface area is 183 Å². The summed E-state index contributed by atoms with van der Waals surface area (Å²) in [5.74, 6) is 1.68. The van der Waals surface area contributed by atoms with Gasteiger partial charge >= 0.3 is 0 Å². The van der Waals surface area contributed by atoms with Crippen LogP contribution in [0.1, 0.15) is 12.0 Å². The minimum atomic E-state index is 0. The van der Waals surface area contributed by atoms with Crippen molar-refractivity contribution in [2.75, 3.05) is 32.1 Å². The van der Waals surface area contributed by atoms with Gasteiger partial charge in [-0.2, -0.15) is 0 Å². The fourth-order valence-electron chi connectivity index (χ4n) is 3.10. The molecule has 1 saturated heterocycles. The molecule has 27 heavy (non-hydrogen) atoms. The summed E-state index contributed by atoms with van der Waals surface area (Å²) in [5.41, 5.74) is 2.35. The normalized spacial score (nSPS) is 16.6. The van der Waals surface area contributed by atoms with Crippen LogP contribution in [0, 0.1) is 0 Å².